The van der Waals surface area contributed by atoms with E-state index in [0.717, 1.165) is 55.3 Å². The van der Waals surface area contributed by atoms with Gasteiger partial charge in [-0.25, -0.2) is 0 Å². The second kappa shape index (κ2) is 27.0. The molecular formula is C96H60N6Se2. The van der Waals surface area contributed by atoms with Gasteiger partial charge in [0.2, 0.25) is 0 Å². The van der Waals surface area contributed by atoms with Gasteiger partial charge >= 0.3 is 521 Å². The molecule has 0 aliphatic rings. The van der Waals surface area contributed by atoms with E-state index in [2.05, 4.69) is 285 Å². The molecule has 0 aliphatic heterocycles. The minimum absolute atomic E-state index is 0.122. The first-order valence-electron chi connectivity index (χ1n) is 34.9. The minimum Gasteiger partial charge on any atom is -0.0615 e. The molecule has 0 saturated heterocycles. The number of fused-ring (bicyclic) bond motifs is 9. The standard InChI is InChI=1S/C51H31N3Se.C45H29N3Se/c1-2-14-34(15-3-1)49-52-50(38-27-25-33-13-5-7-17-36(33)31-38)54-51(53-49)46-29-28-42(40-18-8-9-19-41(40)46)43-21-11-23-45-44-22-10-20-39(47(44)55-48(43)45)37-26-24-32-12-4-6-16-35(32)30-37;1-4-14-30(15-5-1)37-24-12-26-39-40-27-13-25-38(42(40)49-41(37)39)35-22-10-20-33(28-35)34-21-11-23-36(29-34)45-47-43(31-16-6-2-7-17-31)46-44(48-45)32-18-8-3-9-19-32/h1-31H;1-29H. The topological polar surface area (TPSA) is 77.3 Å². The summed E-state index contributed by atoms with van der Waals surface area (Å²) in [6.07, 6.45) is 0. The number of nitrogens with zero attached hydrogens (tertiary/aromatic N) is 6. The van der Waals surface area contributed by atoms with Crippen molar-refractivity contribution in [3.05, 3.63) is 364 Å². The molecule has 104 heavy (non-hydrogen) atoms. The van der Waals surface area contributed by atoms with Crippen LogP contribution in [-0.2, 0) is 0 Å². The van der Waals surface area contributed by atoms with Crippen molar-refractivity contribution in [1.29, 1.82) is 0 Å². The number of rotatable bonds is 11. The van der Waals surface area contributed by atoms with E-state index in [-0.39, 0.29) is 29.0 Å². The molecule has 20 aromatic rings. The third-order valence-electron chi connectivity index (χ3n) is 19.7. The molecule has 6 nitrogen and oxygen atoms in total. The van der Waals surface area contributed by atoms with E-state index in [1.807, 2.05) is 78.9 Å². The number of hydrogen-bond donors (Lipinski definition) is 0. The monoisotopic (exact) mass is 1460 g/mol. The van der Waals surface area contributed by atoms with Gasteiger partial charge in [0.25, 0.3) is 0 Å². The molecule has 0 spiro atoms. The van der Waals surface area contributed by atoms with Crippen LogP contribution in [0.4, 0.5) is 0 Å². The molecule has 0 bridgehead atoms. The molecule has 0 atom stereocenters. The molecule has 20 rings (SSSR count). The normalized spacial score (nSPS) is 11.5. The first kappa shape index (κ1) is 62.4. The molecule has 0 unspecified atom stereocenters. The Morgan fingerprint density at radius 1 is 0.144 bits per heavy atom. The Hall–Kier alpha value is -12.6. The van der Waals surface area contributed by atoms with Crippen LogP contribution in [0.25, 0.3) is 195 Å². The van der Waals surface area contributed by atoms with Crippen LogP contribution in [0.1, 0.15) is 0 Å². The van der Waals surface area contributed by atoms with Crippen LogP contribution in [0.15, 0.2) is 364 Å². The average Bonchev–Trinajstić information content (AvgIpc) is 1.58. The summed E-state index contributed by atoms with van der Waals surface area (Å²) in [6, 6.07) is 129. The van der Waals surface area contributed by atoms with E-state index in [9.17, 15) is 0 Å². The quantitative estimate of drug-likeness (QED) is 0.120. The number of benzene rings is 16. The van der Waals surface area contributed by atoms with Crippen molar-refractivity contribution in [2.24, 2.45) is 0 Å². The van der Waals surface area contributed by atoms with Crippen molar-refractivity contribution in [3.8, 4) is 124 Å². The van der Waals surface area contributed by atoms with Gasteiger partial charge in [-0.05, 0) is 5.39 Å². The summed E-state index contributed by atoms with van der Waals surface area (Å²) in [4.78, 5) is 30.2. The molecule has 486 valence electrons. The molecule has 0 N–H and O–H groups in total. The van der Waals surface area contributed by atoms with Crippen molar-refractivity contribution in [1.82, 2.24) is 29.9 Å². The molecular weight excluding hydrogens is 1400 g/mol. The Labute approximate surface area is 613 Å². The molecule has 0 fully saturated rings. The number of hydrogen-bond acceptors (Lipinski definition) is 6. The second-order valence-corrected chi connectivity index (χ2v) is 30.3. The smallest absolute Gasteiger partial charge is 0.0512 e. The van der Waals surface area contributed by atoms with Crippen molar-refractivity contribution < 1.29 is 0 Å². The largest absolute Gasteiger partial charge is 0.0615 e. The summed E-state index contributed by atoms with van der Waals surface area (Å²) in [7, 11) is 0. The maximum Gasteiger partial charge on any atom is -0.0512 e. The van der Waals surface area contributed by atoms with E-state index in [0.29, 0.717) is 34.9 Å². The summed E-state index contributed by atoms with van der Waals surface area (Å²) in [5, 5.41) is 12.6. The van der Waals surface area contributed by atoms with Gasteiger partial charge in [0, 0.05) is 0 Å². The molecule has 0 saturated carbocycles. The molecule has 4 heterocycles. The minimum atomic E-state index is 0.122. The van der Waals surface area contributed by atoms with Crippen LogP contribution in [0.2, 0.25) is 0 Å². The average molecular weight is 1460 g/mol. The fraction of sp³-hybridized carbons (Fsp3) is 0. The fourth-order valence-corrected chi connectivity index (χ4v) is 20.3. The maximum atomic E-state index is 5.18. The van der Waals surface area contributed by atoms with Gasteiger partial charge in [-0.3, -0.25) is 0 Å². The Kier molecular flexibility index (Phi) is 16.2. The summed E-state index contributed by atoms with van der Waals surface area (Å²) in [6.45, 7) is 0. The van der Waals surface area contributed by atoms with Crippen molar-refractivity contribution in [2.45, 2.75) is 0 Å². The first-order valence-corrected chi connectivity index (χ1v) is 38.3. The predicted molar refractivity (Wildman–Crippen MR) is 436 cm³/mol. The zero-order chi connectivity index (χ0) is 68.9. The molecule has 16 aromatic carbocycles. The van der Waals surface area contributed by atoms with Gasteiger partial charge in [-0.1, -0.05) is 91.0 Å². The predicted octanol–water partition coefficient (Wildman–Crippen LogP) is 24.3. The zero-order valence-electron chi connectivity index (χ0n) is 56.1. The van der Waals surface area contributed by atoms with Gasteiger partial charge in [0.1, 0.15) is 0 Å². The molecule has 4 aromatic heterocycles. The summed E-state index contributed by atoms with van der Waals surface area (Å²) in [5.41, 5.74) is 18.3. The third-order valence-corrected chi connectivity index (χ3v) is 25.1. The summed E-state index contributed by atoms with van der Waals surface area (Å²) < 4.78 is 5.80. The molecule has 0 aliphatic carbocycles. The second-order valence-electron chi connectivity index (χ2n) is 26.0. The third kappa shape index (κ3) is 11.8. The Morgan fingerprint density at radius 3 is 0.923 bits per heavy atom. The van der Waals surface area contributed by atoms with Crippen molar-refractivity contribution in [2.75, 3.05) is 0 Å². The Bertz CT molecular complexity index is 6610. The Morgan fingerprint density at radius 2 is 0.433 bits per heavy atom. The van der Waals surface area contributed by atoms with E-state index in [1.165, 1.54) is 105 Å². The van der Waals surface area contributed by atoms with Crippen LogP contribution in [0, 0.1) is 0 Å². The summed E-state index contributed by atoms with van der Waals surface area (Å²) in [5.74, 6) is 3.95. The molecule has 0 radical (unpaired) electrons. The van der Waals surface area contributed by atoms with Crippen LogP contribution < -0.4 is 0 Å². The Balaban J connectivity index is 0.000000144. The van der Waals surface area contributed by atoms with Gasteiger partial charge < -0.3 is 0 Å². The fourth-order valence-electron chi connectivity index (χ4n) is 14.5. The van der Waals surface area contributed by atoms with Crippen LogP contribution in [-0.4, -0.2) is 58.9 Å². The van der Waals surface area contributed by atoms with E-state index in [1.54, 1.807) is 0 Å². The van der Waals surface area contributed by atoms with Crippen molar-refractivity contribution in [3.63, 3.8) is 0 Å². The van der Waals surface area contributed by atoms with Gasteiger partial charge in [-0.15, -0.1) is 0 Å². The van der Waals surface area contributed by atoms with Crippen LogP contribution >= 0.6 is 0 Å². The SMILES string of the molecule is c1ccc(-c2nc(-c3ccc4ccccc4c3)nc(-c3ccc(-c4cccc5c4[se]c4c(-c6ccc7ccccc7c6)cccc45)c4ccccc34)n2)cc1.c1ccc(-c2nc(-c3ccccc3)nc(-c3cccc(-c4cccc(-c5cccc6c5[se]c5c(-c7ccccc7)cccc56)c4)c3)n2)cc1. The van der Waals surface area contributed by atoms with Crippen molar-refractivity contribution >= 4 is 99.9 Å². The van der Waals surface area contributed by atoms with Crippen LogP contribution in [0.3, 0.4) is 0 Å². The van der Waals surface area contributed by atoms with Gasteiger partial charge in [0.15, 0.2) is 0 Å². The molecule has 0 amide bonds. The first-order chi connectivity index (χ1) is 51.5. The van der Waals surface area contributed by atoms with Gasteiger partial charge in [-0.2, -0.15) is 0 Å². The zero-order valence-corrected chi connectivity index (χ0v) is 59.6. The van der Waals surface area contributed by atoms with Gasteiger partial charge in [0.05, 0.1) is 0 Å². The van der Waals surface area contributed by atoms with E-state index < -0.39 is 0 Å². The number of aromatic nitrogens is 6. The maximum absolute atomic E-state index is 5.18. The van der Waals surface area contributed by atoms with E-state index in [4.69, 9.17) is 29.9 Å². The summed E-state index contributed by atoms with van der Waals surface area (Å²) >= 11 is 0.312. The van der Waals surface area contributed by atoms with Crippen LogP contribution in [0.5, 0.6) is 0 Å². The van der Waals surface area contributed by atoms with E-state index >= 15 is 0 Å². The molecule has 8 heteroatoms.